The highest BCUT2D eigenvalue weighted by Gasteiger charge is 2.39. The lowest BCUT2D eigenvalue weighted by Crippen LogP contribution is -2.37. The van der Waals surface area contributed by atoms with E-state index < -0.39 is 0 Å². The van der Waals surface area contributed by atoms with E-state index in [0.29, 0.717) is 12.1 Å². The van der Waals surface area contributed by atoms with Gasteiger partial charge < -0.3 is 9.64 Å². The number of rotatable bonds is 2. The Balaban J connectivity index is 1.73. The normalized spacial score (nSPS) is 23.0. The molecule has 2 aromatic carbocycles. The van der Waals surface area contributed by atoms with Crippen LogP contribution in [0.25, 0.3) is 0 Å². The van der Waals surface area contributed by atoms with E-state index in [1.165, 1.54) is 23.2 Å². The van der Waals surface area contributed by atoms with E-state index in [-0.39, 0.29) is 5.82 Å². The molecule has 0 aliphatic carbocycles. The summed E-state index contributed by atoms with van der Waals surface area (Å²) >= 11 is 0. The highest BCUT2D eigenvalue weighted by atomic mass is 19.1. The Bertz CT molecular complexity index is 667. The maximum atomic E-state index is 13.4. The second kappa shape index (κ2) is 4.76. The van der Waals surface area contributed by atoms with E-state index in [1.807, 2.05) is 18.2 Å². The van der Waals surface area contributed by atoms with E-state index in [1.54, 1.807) is 19.2 Å². The summed E-state index contributed by atoms with van der Waals surface area (Å²) in [5, 5.41) is 0. The van der Waals surface area contributed by atoms with Crippen LogP contribution in [0.4, 0.5) is 10.1 Å². The lowest BCUT2D eigenvalue weighted by Gasteiger charge is -2.38. The number of ether oxygens (including phenoxy) is 1. The summed E-state index contributed by atoms with van der Waals surface area (Å²) in [6.07, 6.45) is 3.26. The standard InChI is InChI=1S/C18H18FNO/c1-21-16-6-3-14(4-7-16)20-15-5-9-18(20)17-8-2-13(19)10-12(17)11-15/h2-4,6-8,10,15,18H,5,9,11H2,1H3. The Morgan fingerprint density at radius 1 is 1.10 bits per heavy atom. The Labute approximate surface area is 124 Å². The SMILES string of the molecule is COc1ccc(N2C3CCC2c2ccc(F)cc2C3)cc1. The van der Waals surface area contributed by atoms with Crippen LogP contribution in [-0.4, -0.2) is 13.2 Å². The van der Waals surface area contributed by atoms with Gasteiger partial charge in [-0.1, -0.05) is 6.07 Å². The number of benzene rings is 2. The van der Waals surface area contributed by atoms with Gasteiger partial charge in [0.05, 0.1) is 13.2 Å². The second-order valence-electron chi connectivity index (χ2n) is 5.90. The fourth-order valence-corrected chi connectivity index (χ4v) is 3.86. The molecule has 0 amide bonds. The number of methoxy groups -OCH3 is 1. The fourth-order valence-electron chi connectivity index (χ4n) is 3.86. The number of hydrogen-bond acceptors (Lipinski definition) is 2. The van der Waals surface area contributed by atoms with Crippen LogP contribution in [0.2, 0.25) is 0 Å². The van der Waals surface area contributed by atoms with Gasteiger partial charge in [-0.05, 0) is 66.8 Å². The van der Waals surface area contributed by atoms with Crippen LogP contribution in [0.1, 0.15) is 30.0 Å². The summed E-state index contributed by atoms with van der Waals surface area (Å²) in [4.78, 5) is 2.50. The van der Waals surface area contributed by atoms with E-state index in [0.717, 1.165) is 18.6 Å². The van der Waals surface area contributed by atoms with Gasteiger partial charge in [-0.25, -0.2) is 4.39 Å². The van der Waals surface area contributed by atoms with E-state index >= 15 is 0 Å². The predicted octanol–water partition coefficient (Wildman–Crippen LogP) is 4.10. The van der Waals surface area contributed by atoms with Crippen molar-refractivity contribution in [3.8, 4) is 5.75 Å². The largest absolute Gasteiger partial charge is 0.497 e. The zero-order valence-corrected chi connectivity index (χ0v) is 12.1. The van der Waals surface area contributed by atoms with Crippen LogP contribution in [0.5, 0.6) is 5.75 Å². The molecule has 2 atom stereocenters. The van der Waals surface area contributed by atoms with Gasteiger partial charge in [0.2, 0.25) is 0 Å². The molecule has 2 unspecified atom stereocenters. The Hall–Kier alpha value is -2.03. The van der Waals surface area contributed by atoms with Crippen LogP contribution in [-0.2, 0) is 6.42 Å². The maximum absolute atomic E-state index is 13.4. The van der Waals surface area contributed by atoms with Crippen LogP contribution >= 0.6 is 0 Å². The molecule has 2 nitrogen and oxygen atoms in total. The second-order valence-corrected chi connectivity index (χ2v) is 5.90. The van der Waals surface area contributed by atoms with Crippen LogP contribution < -0.4 is 9.64 Å². The number of fused-ring (bicyclic) bond motifs is 4. The first kappa shape index (κ1) is 12.7. The molecular weight excluding hydrogens is 265 g/mol. The summed E-state index contributed by atoms with van der Waals surface area (Å²) in [5.41, 5.74) is 3.71. The monoisotopic (exact) mass is 283 g/mol. The van der Waals surface area contributed by atoms with E-state index in [4.69, 9.17) is 4.74 Å². The molecule has 0 N–H and O–H groups in total. The zero-order valence-electron chi connectivity index (χ0n) is 12.1. The maximum Gasteiger partial charge on any atom is 0.123 e. The minimum atomic E-state index is -0.119. The molecule has 2 aliphatic heterocycles. The zero-order chi connectivity index (χ0) is 14.4. The molecule has 3 heteroatoms. The van der Waals surface area contributed by atoms with Crippen molar-refractivity contribution in [1.29, 1.82) is 0 Å². The molecule has 4 rings (SSSR count). The van der Waals surface area contributed by atoms with Crippen LogP contribution in [0, 0.1) is 5.82 Å². The number of halogens is 1. The Morgan fingerprint density at radius 3 is 2.67 bits per heavy atom. The molecule has 21 heavy (non-hydrogen) atoms. The first-order valence-corrected chi connectivity index (χ1v) is 7.47. The molecule has 2 aliphatic rings. The van der Waals surface area contributed by atoms with E-state index in [9.17, 15) is 4.39 Å². The summed E-state index contributed by atoms with van der Waals surface area (Å²) < 4.78 is 18.7. The van der Waals surface area contributed by atoms with Crippen molar-refractivity contribution in [1.82, 2.24) is 0 Å². The molecule has 2 bridgehead atoms. The smallest absolute Gasteiger partial charge is 0.123 e. The Kier molecular flexibility index (Phi) is 2.88. The number of nitrogens with zero attached hydrogens (tertiary/aromatic N) is 1. The molecule has 1 fully saturated rings. The van der Waals surface area contributed by atoms with Gasteiger partial charge >= 0.3 is 0 Å². The lowest BCUT2D eigenvalue weighted by atomic mass is 9.92. The summed E-state index contributed by atoms with van der Waals surface area (Å²) in [6, 6.07) is 14.4. The van der Waals surface area contributed by atoms with Crippen LogP contribution in [0.15, 0.2) is 42.5 Å². The molecule has 0 aromatic heterocycles. The predicted molar refractivity (Wildman–Crippen MR) is 81.3 cm³/mol. The number of hydrogen-bond donors (Lipinski definition) is 0. The van der Waals surface area contributed by atoms with Crippen molar-refractivity contribution in [3.05, 3.63) is 59.4 Å². The summed E-state index contributed by atoms with van der Waals surface area (Å²) in [7, 11) is 1.68. The quantitative estimate of drug-likeness (QED) is 0.822. The third-order valence-electron chi connectivity index (χ3n) is 4.79. The van der Waals surface area contributed by atoms with E-state index in [2.05, 4.69) is 17.0 Å². The van der Waals surface area contributed by atoms with Gasteiger partial charge in [0, 0.05) is 11.7 Å². The van der Waals surface area contributed by atoms with Crippen molar-refractivity contribution >= 4 is 5.69 Å². The lowest BCUT2D eigenvalue weighted by molar-refractivity contribution is 0.414. The van der Waals surface area contributed by atoms with Crippen LogP contribution in [0.3, 0.4) is 0 Å². The average Bonchev–Trinajstić information content (AvgIpc) is 2.82. The molecule has 2 heterocycles. The van der Waals surface area contributed by atoms with Gasteiger partial charge in [0.1, 0.15) is 11.6 Å². The third-order valence-corrected chi connectivity index (χ3v) is 4.79. The molecule has 0 spiro atoms. The van der Waals surface area contributed by atoms with Crippen molar-refractivity contribution in [2.45, 2.75) is 31.3 Å². The van der Waals surface area contributed by atoms with Crippen molar-refractivity contribution in [3.63, 3.8) is 0 Å². The molecule has 1 saturated heterocycles. The molecule has 2 aromatic rings. The van der Waals surface area contributed by atoms with Gasteiger partial charge in [0.25, 0.3) is 0 Å². The minimum absolute atomic E-state index is 0.119. The first-order valence-electron chi connectivity index (χ1n) is 7.47. The highest BCUT2D eigenvalue weighted by Crippen LogP contribution is 2.46. The molecule has 0 radical (unpaired) electrons. The third kappa shape index (κ3) is 1.99. The van der Waals surface area contributed by atoms with Crippen molar-refractivity contribution in [2.75, 3.05) is 12.0 Å². The van der Waals surface area contributed by atoms with Crippen molar-refractivity contribution < 1.29 is 9.13 Å². The fraction of sp³-hybridized carbons (Fsp3) is 0.333. The number of anilines is 1. The molecular formula is C18H18FNO. The summed E-state index contributed by atoms with van der Waals surface area (Å²) in [6.45, 7) is 0. The molecule has 108 valence electrons. The van der Waals surface area contributed by atoms with Gasteiger partial charge in [-0.15, -0.1) is 0 Å². The molecule has 0 saturated carbocycles. The van der Waals surface area contributed by atoms with Gasteiger partial charge in [-0.2, -0.15) is 0 Å². The average molecular weight is 283 g/mol. The van der Waals surface area contributed by atoms with Gasteiger partial charge in [-0.3, -0.25) is 0 Å². The topological polar surface area (TPSA) is 12.5 Å². The Morgan fingerprint density at radius 2 is 1.90 bits per heavy atom. The summed E-state index contributed by atoms with van der Waals surface area (Å²) in [5.74, 6) is 0.761. The minimum Gasteiger partial charge on any atom is -0.497 e. The van der Waals surface area contributed by atoms with Crippen molar-refractivity contribution in [2.24, 2.45) is 0 Å². The van der Waals surface area contributed by atoms with Gasteiger partial charge in [0.15, 0.2) is 0 Å². The highest BCUT2D eigenvalue weighted by molar-refractivity contribution is 5.56. The first-order chi connectivity index (χ1) is 10.3.